The second-order valence-corrected chi connectivity index (χ2v) is 11.7. The highest BCUT2D eigenvalue weighted by Gasteiger charge is 2.32. The van der Waals surface area contributed by atoms with Crippen LogP contribution in [0, 0.1) is 17.3 Å². The van der Waals surface area contributed by atoms with E-state index in [1.807, 2.05) is 44.4 Å². The smallest absolute Gasteiger partial charge is 0.321 e. The molecular formula is C26H42N4O3S. The molecule has 2 N–H and O–H groups in total. The van der Waals surface area contributed by atoms with E-state index in [9.17, 15) is 14.4 Å². The van der Waals surface area contributed by atoms with E-state index < -0.39 is 6.04 Å². The van der Waals surface area contributed by atoms with Crippen molar-refractivity contribution in [3.8, 4) is 0 Å². The van der Waals surface area contributed by atoms with Crippen molar-refractivity contribution < 1.29 is 14.4 Å². The number of urea groups is 1. The Morgan fingerprint density at radius 3 is 2.03 bits per heavy atom. The fraction of sp³-hybridized carbons (Fsp3) is 0.654. The molecule has 2 unspecified atom stereocenters. The second-order valence-electron chi connectivity index (χ2n) is 10.8. The molecule has 0 bridgehead atoms. The first-order valence-electron chi connectivity index (χ1n) is 12.2. The molecule has 1 aliphatic heterocycles. The van der Waals surface area contributed by atoms with Gasteiger partial charge in [-0.3, -0.25) is 9.59 Å². The Morgan fingerprint density at radius 2 is 1.53 bits per heavy atom. The highest BCUT2D eigenvalue weighted by Crippen LogP contribution is 2.26. The minimum atomic E-state index is -0.551. The highest BCUT2D eigenvalue weighted by molar-refractivity contribution is 7.98. The van der Waals surface area contributed by atoms with Crippen molar-refractivity contribution in [1.29, 1.82) is 0 Å². The van der Waals surface area contributed by atoms with Crippen LogP contribution in [0.1, 0.15) is 54.4 Å². The Kier molecular flexibility index (Phi) is 10.3. The van der Waals surface area contributed by atoms with Crippen molar-refractivity contribution in [1.82, 2.24) is 15.1 Å². The van der Waals surface area contributed by atoms with Gasteiger partial charge in [0.05, 0.1) is 0 Å². The average molecular weight is 491 g/mol. The van der Waals surface area contributed by atoms with Gasteiger partial charge in [-0.1, -0.05) is 41.5 Å². The van der Waals surface area contributed by atoms with Crippen molar-refractivity contribution >= 4 is 35.3 Å². The first-order valence-corrected chi connectivity index (χ1v) is 13.4. The zero-order valence-electron chi connectivity index (χ0n) is 21.8. The first-order chi connectivity index (χ1) is 15.9. The number of carbonyl (C=O) groups is 3. The molecule has 8 heteroatoms. The van der Waals surface area contributed by atoms with E-state index in [1.165, 1.54) is 0 Å². The van der Waals surface area contributed by atoms with Gasteiger partial charge in [-0.15, -0.1) is 11.8 Å². The highest BCUT2D eigenvalue weighted by atomic mass is 32.2. The number of anilines is 1. The number of benzene rings is 1. The molecule has 2 atom stereocenters. The fourth-order valence-electron chi connectivity index (χ4n) is 4.38. The maximum Gasteiger partial charge on any atom is 0.321 e. The van der Waals surface area contributed by atoms with Gasteiger partial charge in [-0.2, -0.15) is 0 Å². The van der Waals surface area contributed by atoms with E-state index >= 15 is 0 Å². The summed E-state index contributed by atoms with van der Waals surface area (Å²) in [4.78, 5) is 43.1. The Balaban J connectivity index is 1.87. The topological polar surface area (TPSA) is 81.8 Å². The lowest BCUT2D eigenvalue weighted by Gasteiger charge is -2.37. The van der Waals surface area contributed by atoms with Crippen LogP contribution in [-0.2, 0) is 9.59 Å². The number of piperazine rings is 1. The Labute approximate surface area is 209 Å². The van der Waals surface area contributed by atoms with Crippen molar-refractivity contribution in [3.63, 3.8) is 0 Å². The number of nitrogens with one attached hydrogen (secondary N) is 2. The van der Waals surface area contributed by atoms with Crippen LogP contribution in [0.2, 0.25) is 0 Å². The lowest BCUT2D eigenvalue weighted by Crippen LogP contribution is -2.57. The molecule has 0 spiro atoms. The molecule has 4 amide bonds. The maximum atomic E-state index is 13.2. The van der Waals surface area contributed by atoms with Crippen LogP contribution < -0.4 is 10.6 Å². The van der Waals surface area contributed by atoms with E-state index in [0.29, 0.717) is 32.6 Å². The third-order valence-electron chi connectivity index (χ3n) is 5.96. The van der Waals surface area contributed by atoms with Gasteiger partial charge in [0.15, 0.2) is 0 Å². The van der Waals surface area contributed by atoms with Crippen molar-refractivity contribution in [2.75, 3.05) is 37.8 Å². The van der Waals surface area contributed by atoms with Crippen LogP contribution >= 0.6 is 11.8 Å². The van der Waals surface area contributed by atoms with Gasteiger partial charge in [0.2, 0.25) is 11.8 Å². The number of carbonyl (C=O) groups excluding carboxylic acids is 3. The van der Waals surface area contributed by atoms with Gasteiger partial charge < -0.3 is 20.4 Å². The maximum absolute atomic E-state index is 13.2. The lowest BCUT2D eigenvalue weighted by molar-refractivity contribution is -0.139. The van der Waals surface area contributed by atoms with Crippen LogP contribution in [-0.4, -0.2) is 66.1 Å². The van der Waals surface area contributed by atoms with Gasteiger partial charge in [-0.05, 0) is 54.2 Å². The van der Waals surface area contributed by atoms with Gasteiger partial charge in [0.1, 0.15) is 6.04 Å². The van der Waals surface area contributed by atoms with E-state index in [4.69, 9.17) is 0 Å². The largest absolute Gasteiger partial charge is 0.344 e. The Hall–Kier alpha value is -2.22. The monoisotopic (exact) mass is 490 g/mol. The number of rotatable bonds is 8. The van der Waals surface area contributed by atoms with Gasteiger partial charge in [0.25, 0.3) is 0 Å². The first kappa shape index (κ1) is 28.0. The molecule has 1 aliphatic rings. The molecule has 0 aliphatic carbocycles. The molecule has 1 heterocycles. The van der Waals surface area contributed by atoms with Crippen LogP contribution in [0.15, 0.2) is 29.2 Å². The van der Waals surface area contributed by atoms with Gasteiger partial charge >= 0.3 is 6.03 Å². The molecule has 1 saturated heterocycles. The van der Waals surface area contributed by atoms with E-state index in [1.54, 1.807) is 21.6 Å². The third kappa shape index (κ3) is 8.85. The van der Waals surface area contributed by atoms with Crippen molar-refractivity contribution in [3.05, 3.63) is 24.3 Å². The second kappa shape index (κ2) is 12.5. The summed E-state index contributed by atoms with van der Waals surface area (Å²) in [5.41, 5.74) is 0.918. The third-order valence-corrected chi connectivity index (χ3v) is 6.71. The lowest BCUT2D eigenvalue weighted by atomic mass is 9.84. The molecule has 34 heavy (non-hydrogen) atoms. The standard InChI is InChI=1S/C26H42N4O3S/c1-18(2)23(28-22(31)16-19(3)17-26(4,5)6)24(32)29-12-14-30(15-13-29)25(33)27-20-8-10-21(34-7)11-9-20/h8-11,18-19,23H,12-17H2,1-7H3,(H,27,33)(H,28,31). The van der Waals surface area contributed by atoms with Crippen LogP contribution in [0.4, 0.5) is 10.5 Å². The summed E-state index contributed by atoms with van der Waals surface area (Å²) < 4.78 is 0. The quantitative estimate of drug-likeness (QED) is 0.518. The molecule has 1 fully saturated rings. The minimum Gasteiger partial charge on any atom is -0.344 e. The van der Waals surface area contributed by atoms with Crippen LogP contribution in [0.25, 0.3) is 0 Å². The molecule has 0 aromatic heterocycles. The predicted octanol–water partition coefficient (Wildman–Crippen LogP) is 4.69. The Bertz CT molecular complexity index is 827. The SMILES string of the molecule is CSc1ccc(NC(=O)N2CCN(C(=O)C(NC(=O)CC(C)CC(C)(C)C)C(C)C)CC2)cc1. The summed E-state index contributed by atoms with van der Waals surface area (Å²) in [7, 11) is 0. The molecule has 2 rings (SSSR count). The minimum absolute atomic E-state index is 0.0139. The van der Waals surface area contributed by atoms with Gasteiger partial charge in [-0.25, -0.2) is 4.79 Å². The summed E-state index contributed by atoms with van der Waals surface area (Å²) in [5.74, 6) is 0.0932. The van der Waals surface area contributed by atoms with Crippen molar-refractivity contribution in [2.45, 2.75) is 65.3 Å². The predicted molar refractivity (Wildman–Crippen MR) is 140 cm³/mol. The fourth-order valence-corrected chi connectivity index (χ4v) is 4.79. The van der Waals surface area contributed by atoms with E-state index in [-0.39, 0.29) is 35.1 Å². The van der Waals surface area contributed by atoms with E-state index in [2.05, 4.69) is 38.3 Å². The molecule has 1 aromatic carbocycles. The number of nitrogens with zero attached hydrogens (tertiary/aromatic N) is 2. The summed E-state index contributed by atoms with van der Waals surface area (Å²) in [5, 5.41) is 5.91. The number of amides is 4. The summed E-state index contributed by atoms with van der Waals surface area (Å²) >= 11 is 1.65. The zero-order valence-corrected chi connectivity index (χ0v) is 22.6. The molecule has 0 saturated carbocycles. The molecule has 190 valence electrons. The van der Waals surface area contributed by atoms with E-state index in [0.717, 1.165) is 17.0 Å². The summed E-state index contributed by atoms with van der Waals surface area (Å²) in [6.07, 6.45) is 3.38. The Morgan fingerprint density at radius 1 is 0.971 bits per heavy atom. The molecule has 1 aromatic rings. The average Bonchev–Trinajstić information content (AvgIpc) is 2.76. The molecular weight excluding hydrogens is 448 g/mol. The number of thioether (sulfide) groups is 1. The molecule has 7 nitrogen and oxygen atoms in total. The van der Waals surface area contributed by atoms with Crippen LogP contribution in [0.5, 0.6) is 0 Å². The number of hydrogen-bond donors (Lipinski definition) is 2. The van der Waals surface area contributed by atoms with Gasteiger partial charge in [0, 0.05) is 43.2 Å². The zero-order chi connectivity index (χ0) is 25.5. The molecule has 0 radical (unpaired) electrons. The van der Waals surface area contributed by atoms with Crippen LogP contribution in [0.3, 0.4) is 0 Å². The number of hydrogen-bond acceptors (Lipinski definition) is 4. The summed E-state index contributed by atoms with van der Waals surface area (Å²) in [6, 6.07) is 7.02. The normalized spacial score (nSPS) is 16.2. The van der Waals surface area contributed by atoms with Crippen molar-refractivity contribution in [2.24, 2.45) is 17.3 Å². The summed E-state index contributed by atoms with van der Waals surface area (Å²) in [6.45, 7) is 14.3.